The number of piperazine rings is 1. The summed E-state index contributed by atoms with van der Waals surface area (Å²) in [6.07, 6.45) is 15.9. The summed E-state index contributed by atoms with van der Waals surface area (Å²) < 4.78 is 14.7. The quantitative estimate of drug-likeness (QED) is 0.152. The molecule has 2 aliphatic heterocycles. The topological polar surface area (TPSA) is 190 Å². The van der Waals surface area contributed by atoms with Crippen molar-refractivity contribution >= 4 is 89.0 Å². The number of fused-ring (bicyclic) bond motifs is 10. The number of aliphatic carboxylic acids is 1. The van der Waals surface area contributed by atoms with E-state index in [-0.39, 0.29) is 11.8 Å². The lowest BCUT2D eigenvalue weighted by atomic mass is 9.86. The van der Waals surface area contributed by atoms with Crippen LogP contribution in [0.5, 0.6) is 11.5 Å². The van der Waals surface area contributed by atoms with Crippen molar-refractivity contribution in [2.24, 2.45) is 11.8 Å². The number of nitrogens with zero attached hydrogens (tertiary/aromatic N) is 10. The number of carbonyl (C=O) groups excluding carboxylic acids is 1. The number of carboxylic acids is 1. The second-order valence-electron chi connectivity index (χ2n) is 16.7. The first-order valence-electron chi connectivity index (χ1n) is 21.0. The maximum atomic E-state index is 13.4. The molecule has 4 aliphatic rings. The van der Waals surface area contributed by atoms with Gasteiger partial charge < -0.3 is 30.1 Å². The van der Waals surface area contributed by atoms with E-state index in [1.165, 1.54) is 16.8 Å². The Balaban J connectivity index is 0.000000145. The van der Waals surface area contributed by atoms with Crippen LogP contribution in [0.25, 0.3) is 31.5 Å². The molecule has 0 radical (unpaired) electrons. The molecule has 12 rings (SSSR count). The van der Waals surface area contributed by atoms with Gasteiger partial charge in [0.25, 0.3) is 0 Å². The van der Waals surface area contributed by atoms with Gasteiger partial charge in [0.2, 0.25) is 5.91 Å². The average molecular weight is 885 g/mol. The lowest BCUT2D eigenvalue weighted by Gasteiger charge is -2.35. The van der Waals surface area contributed by atoms with Crippen LogP contribution in [0.2, 0.25) is 0 Å². The highest BCUT2D eigenvalue weighted by Crippen LogP contribution is 2.44. The Bertz CT molecular complexity index is 3090. The molecule has 17 nitrogen and oxygen atoms in total. The minimum atomic E-state index is -0.730. The minimum Gasteiger partial charge on any atom is -0.493 e. The van der Waals surface area contributed by atoms with Crippen molar-refractivity contribution in [2.75, 3.05) is 45.0 Å². The third-order valence-electron chi connectivity index (χ3n) is 13.1. The molecule has 10 heterocycles. The largest absolute Gasteiger partial charge is 0.493 e. The van der Waals surface area contributed by atoms with E-state index in [9.17, 15) is 14.7 Å². The number of methoxy groups -OCH3 is 2. The van der Waals surface area contributed by atoms with E-state index in [2.05, 4.69) is 57.6 Å². The number of aromatic nitrogens is 8. The van der Waals surface area contributed by atoms with Crippen molar-refractivity contribution < 1.29 is 24.2 Å². The van der Waals surface area contributed by atoms with E-state index < -0.39 is 5.97 Å². The Morgan fingerprint density at radius 1 is 0.746 bits per heavy atom. The van der Waals surface area contributed by atoms with Crippen LogP contribution in [0.4, 0.5) is 23.0 Å². The molecule has 2 aliphatic carbocycles. The standard InChI is InChI=1S/C25H27N7O2S.C19H17N5O3S/c1-30-10-17-8-16(30)11-31(17)25(33)14-3-4-18-21(7-14)35-24-22(18)23(26-13-27-24)29-19-9-15-5-6-28-32(15)12-20(19)34-2;1-27-14-8-24-11(4-5-22-24)7-13(14)23-17-16-12-3-2-10(19(25)26)6-15(12)28-18(16)21-9-20-17/h5-6,9,12-14,16-17H,3-4,7-8,10-11H2,1-2H3,(H,26,27,29);4-5,7-10H,2-3,6H2,1H3,(H,25,26)(H,20,21,23)/t14-,16-,17-;10-/m00/s1. The molecule has 63 heavy (non-hydrogen) atoms. The van der Waals surface area contributed by atoms with Gasteiger partial charge in [0.1, 0.15) is 34.0 Å². The van der Waals surface area contributed by atoms with Crippen molar-refractivity contribution in [3.8, 4) is 11.5 Å². The molecule has 3 N–H and O–H groups in total. The van der Waals surface area contributed by atoms with Crippen LogP contribution in [-0.2, 0) is 35.3 Å². The lowest BCUT2D eigenvalue weighted by molar-refractivity contribution is -0.142. The number of pyridine rings is 2. The number of aryl methyl sites for hydroxylation is 2. The zero-order valence-electron chi connectivity index (χ0n) is 34.8. The van der Waals surface area contributed by atoms with E-state index in [0.717, 1.165) is 97.9 Å². The number of thiophene rings is 2. The third kappa shape index (κ3) is 6.94. The maximum absolute atomic E-state index is 13.4. The molecule has 4 atom stereocenters. The fourth-order valence-electron chi connectivity index (χ4n) is 9.87. The van der Waals surface area contributed by atoms with Crippen molar-refractivity contribution in [1.82, 2.24) is 49.0 Å². The molecule has 19 heteroatoms. The zero-order chi connectivity index (χ0) is 42.9. The fourth-order valence-corrected chi connectivity index (χ4v) is 12.4. The summed E-state index contributed by atoms with van der Waals surface area (Å²) in [5.41, 5.74) is 5.96. The summed E-state index contributed by atoms with van der Waals surface area (Å²) in [5, 5.41) is 26.8. The Kier molecular flexibility index (Phi) is 9.84. The summed E-state index contributed by atoms with van der Waals surface area (Å²) in [5.74, 6) is 2.18. The number of hydrogen-bond donors (Lipinski definition) is 3. The first-order chi connectivity index (χ1) is 30.7. The number of amides is 1. The summed E-state index contributed by atoms with van der Waals surface area (Å²) in [4.78, 5) is 51.7. The smallest absolute Gasteiger partial charge is 0.306 e. The Hall–Kier alpha value is -6.44. The molecular formula is C44H44N12O5S2. The van der Waals surface area contributed by atoms with Gasteiger partial charge in [0.05, 0.1) is 65.7 Å². The van der Waals surface area contributed by atoms with E-state index in [1.807, 2.05) is 36.7 Å². The molecule has 0 aromatic carbocycles. The molecule has 322 valence electrons. The molecule has 2 bridgehead atoms. The Morgan fingerprint density at radius 2 is 1.29 bits per heavy atom. The number of rotatable bonds is 8. The van der Waals surface area contributed by atoms with Crippen molar-refractivity contribution in [2.45, 2.75) is 57.0 Å². The number of ether oxygens (including phenoxy) is 2. The molecule has 0 saturated carbocycles. The summed E-state index contributed by atoms with van der Waals surface area (Å²) in [7, 11) is 5.44. The van der Waals surface area contributed by atoms with Gasteiger partial charge in [-0.1, -0.05) is 0 Å². The fraction of sp³-hybridized carbons (Fsp3) is 0.364. The number of likely N-dealkylation sites (N-methyl/N-ethyl adjacent to an activating group) is 1. The minimum absolute atomic E-state index is 0.0638. The lowest BCUT2D eigenvalue weighted by Crippen LogP contribution is -2.49. The van der Waals surface area contributed by atoms with Crippen LogP contribution in [-0.4, -0.2) is 112 Å². The molecule has 8 aromatic heterocycles. The van der Waals surface area contributed by atoms with Crippen molar-refractivity contribution in [3.05, 3.63) is 82.6 Å². The second-order valence-corrected chi connectivity index (χ2v) is 18.8. The summed E-state index contributed by atoms with van der Waals surface area (Å²) in [6.45, 7) is 1.90. The number of likely N-dealkylation sites (tertiary alicyclic amines) is 2. The predicted octanol–water partition coefficient (Wildman–Crippen LogP) is 6.39. The third-order valence-corrected chi connectivity index (χ3v) is 15.5. The highest BCUT2D eigenvalue weighted by Gasteiger charge is 2.45. The number of carboxylic acid groups (broad SMARTS) is 1. The number of carbonyl (C=O) groups is 2. The van der Waals surface area contributed by atoms with Crippen molar-refractivity contribution in [3.63, 3.8) is 0 Å². The zero-order valence-corrected chi connectivity index (χ0v) is 36.4. The van der Waals surface area contributed by atoms with E-state index in [1.54, 1.807) is 64.6 Å². The van der Waals surface area contributed by atoms with E-state index in [4.69, 9.17) is 9.47 Å². The average Bonchev–Trinajstić information content (AvgIpc) is 4.16. The number of hydrogen-bond acceptors (Lipinski definition) is 15. The number of nitrogens with one attached hydrogen (secondary N) is 2. The van der Waals surface area contributed by atoms with Gasteiger partial charge in [0.15, 0.2) is 11.5 Å². The van der Waals surface area contributed by atoms with Gasteiger partial charge in [-0.3, -0.25) is 14.5 Å². The SMILES string of the molecule is COc1cn2nccc2cc1Nc1ncnc2sc3c(c12)CC[C@H](C(=O)N1C[C@@H]2C[C@H]1CN2C)C3.COc1cn2nccc2cc1Nc1ncnc2sc3c(c12)CC[C@H](C(=O)O)C3. The molecule has 2 fully saturated rings. The van der Waals surface area contributed by atoms with Crippen LogP contribution in [0.3, 0.4) is 0 Å². The predicted molar refractivity (Wildman–Crippen MR) is 240 cm³/mol. The van der Waals surface area contributed by atoms with Gasteiger partial charge in [-0.25, -0.2) is 29.0 Å². The normalized spacial score (nSPS) is 20.5. The molecule has 2 saturated heterocycles. The van der Waals surface area contributed by atoms with Gasteiger partial charge in [-0.2, -0.15) is 10.2 Å². The molecule has 0 unspecified atom stereocenters. The van der Waals surface area contributed by atoms with E-state index >= 15 is 0 Å². The Morgan fingerprint density at radius 3 is 1.78 bits per heavy atom. The van der Waals surface area contributed by atoms with Gasteiger partial charge in [-0.05, 0) is 87.4 Å². The summed E-state index contributed by atoms with van der Waals surface area (Å²) in [6, 6.07) is 8.77. The molecule has 1 amide bonds. The van der Waals surface area contributed by atoms with Gasteiger partial charge in [-0.15, -0.1) is 22.7 Å². The first kappa shape index (κ1) is 39.4. The van der Waals surface area contributed by atoms with Crippen LogP contribution in [0, 0.1) is 11.8 Å². The monoisotopic (exact) mass is 884 g/mol. The van der Waals surface area contributed by atoms with Crippen LogP contribution >= 0.6 is 22.7 Å². The molecule has 8 aromatic rings. The highest BCUT2D eigenvalue weighted by molar-refractivity contribution is 7.19. The van der Waals surface area contributed by atoms with Crippen LogP contribution < -0.4 is 20.1 Å². The number of anilines is 4. The van der Waals surface area contributed by atoms with Gasteiger partial charge in [0, 0.05) is 53.2 Å². The van der Waals surface area contributed by atoms with E-state index in [0.29, 0.717) is 54.6 Å². The second kappa shape index (κ2) is 15.7. The van der Waals surface area contributed by atoms with Crippen molar-refractivity contribution in [1.29, 1.82) is 0 Å². The Labute approximate surface area is 368 Å². The maximum Gasteiger partial charge on any atom is 0.306 e. The molecule has 0 spiro atoms. The van der Waals surface area contributed by atoms with Gasteiger partial charge >= 0.3 is 5.97 Å². The first-order valence-corrected chi connectivity index (χ1v) is 22.7. The molecular weight excluding hydrogens is 841 g/mol. The highest BCUT2D eigenvalue weighted by atomic mass is 32.1. The van der Waals surface area contributed by atoms with Crippen LogP contribution in [0.15, 0.2) is 61.7 Å². The summed E-state index contributed by atoms with van der Waals surface area (Å²) >= 11 is 3.26. The van der Waals surface area contributed by atoms with Crippen LogP contribution in [0.1, 0.15) is 40.1 Å².